The van der Waals surface area contributed by atoms with Crippen molar-refractivity contribution in [2.75, 3.05) is 5.32 Å². The monoisotopic (exact) mass is 417 g/mol. The summed E-state index contributed by atoms with van der Waals surface area (Å²) in [4.78, 5) is 54.1. The van der Waals surface area contributed by atoms with Crippen LogP contribution in [0.3, 0.4) is 0 Å². The molecule has 0 atom stereocenters. The molecule has 4 rings (SSSR count). The number of phenols is 1. The number of rotatable bonds is 5. The molecule has 0 bridgehead atoms. The quantitative estimate of drug-likeness (QED) is 0.428. The van der Waals surface area contributed by atoms with Gasteiger partial charge in [-0.05, 0) is 48.5 Å². The van der Waals surface area contributed by atoms with E-state index in [1.807, 2.05) is 0 Å². The molecule has 154 valence electrons. The van der Waals surface area contributed by atoms with Gasteiger partial charge in [0.25, 0.3) is 17.7 Å². The largest absolute Gasteiger partial charge is 0.506 e. The Hall–Kier alpha value is -4.53. The molecule has 3 N–H and O–H groups in total. The van der Waals surface area contributed by atoms with Crippen molar-refractivity contribution in [2.45, 2.75) is 6.54 Å². The summed E-state index contributed by atoms with van der Waals surface area (Å²) in [6.45, 7) is 0.0124. The fourth-order valence-electron chi connectivity index (χ4n) is 3.19. The summed E-state index contributed by atoms with van der Waals surface area (Å²) in [5.41, 5.74) is 0.807. The number of hydrogen-bond donors (Lipinski definition) is 3. The topological polar surface area (TPSA) is 137 Å². The van der Waals surface area contributed by atoms with E-state index < -0.39 is 29.4 Å². The second-order valence-corrected chi connectivity index (χ2v) is 6.77. The van der Waals surface area contributed by atoms with E-state index in [0.29, 0.717) is 5.69 Å². The minimum Gasteiger partial charge on any atom is -0.506 e. The minimum absolute atomic E-state index is 0.00896. The van der Waals surface area contributed by atoms with E-state index in [1.165, 1.54) is 30.3 Å². The summed E-state index contributed by atoms with van der Waals surface area (Å²) >= 11 is 0. The Morgan fingerprint density at radius 1 is 0.935 bits per heavy atom. The molecule has 1 aliphatic rings. The van der Waals surface area contributed by atoms with Gasteiger partial charge in [-0.2, -0.15) is 0 Å². The number of amides is 3. The van der Waals surface area contributed by atoms with Crippen LogP contribution in [0.1, 0.15) is 47.1 Å². The van der Waals surface area contributed by atoms with Crippen LogP contribution in [0.5, 0.6) is 5.75 Å². The molecule has 3 amide bonds. The summed E-state index contributed by atoms with van der Waals surface area (Å²) in [6.07, 6.45) is 1.56. The molecule has 0 saturated carbocycles. The predicted octanol–water partition coefficient (Wildman–Crippen LogP) is 2.53. The predicted molar refractivity (Wildman–Crippen MR) is 108 cm³/mol. The average Bonchev–Trinajstić information content (AvgIpc) is 3.00. The van der Waals surface area contributed by atoms with Gasteiger partial charge in [0.1, 0.15) is 5.75 Å². The van der Waals surface area contributed by atoms with Crippen molar-refractivity contribution in [2.24, 2.45) is 0 Å². The SMILES string of the molecule is O=C(O)c1ccc(NC(=O)c2ccc3c(c2)C(=O)N(Cc2ccccn2)C3=O)c(O)c1. The Labute approximate surface area is 175 Å². The number of carbonyl (C=O) groups is 4. The van der Waals surface area contributed by atoms with Crippen LogP contribution >= 0.6 is 0 Å². The molecule has 9 heteroatoms. The zero-order valence-electron chi connectivity index (χ0n) is 15.9. The highest BCUT2D eigenvalue weighted by Crippen LogP contribution is 2.28. The van der Waals surface area contributed by atoms with Crippen LogP contribution in [0.2, 0.25) is 0 Å². The average molecular weight is 417 g/mol. The Kier molecular flexibility index (Phi) is 4.92. The summed E-state index contributed by atoms with van der Waals surface area (Å²) in [5, 5.41) is 21.4. The normalized spacial score (nSPS) is 12.6. The van der Waals surface area contributed by atoms with E-state index >= 15 is 0 Å². The number of pyridine rings is 1. The van der Waals surface area contributed by atoms with E-state index in [2.05, 4.69) is 10.3 Å². The third-order valence-electron chi connectivity index (χ3n) is 4.77. The maximum atomic E-state index is 12.8. The highest BCUT2D eigenvalue weighted by atomic mass is 16.4. The van der Waals surface area contributed by atoms with Crippen LogP contribution in [0.25, 0.3) is 0 Å². The maximum absolute atomic E-state index is 12.8. The molecule has 0 aliphatic carbocycles. The van der Waals surface area contributed by atoms with E-state index in [-0.39, 0.29) is 34.5 Å². The van der Waals surface area contributed by atoms with Crippen molar-refractivity contribution in [1.82, 2.24) is 9.88 Å². The highest BCUT2D eigenvalue weighted by Gasteiger charge is 2.36. The Morgan fingerprint density at radius 2 is 1.68 bits per heavy atom. The number of aromatic carboxylic acids is 1. The van der Waals surface area contributed by atoms with Crippen molar-refractivity contribution < 1.29 is 29.4 Å². The lowest BCUT2D eigenvalue weighted by atomic mass is 10.1. The molecular weight excluding hydrogens is 402 g/mol. The van der Waals surface area contributed by atoms with Crippen molar-refractivity contribution in [3.05, 3.63) is 88.7 Å². The molecule has 3 aromatic rings. The van der Waals surface area contributed by atoms with Crippen LogP contribution in [0, 0.1) is 0 Å². The smallest absolute Gasteiger partial charge is 0.335 e. The number of benzene rings is 2. The first-order valence-electron chi connectivity index (χ1n) is 9.13. The number of carboxylic acid groups (broad SMARTS) is 1. The molecule has 1 aliphatic heterocycles. The van der Waals surface area contributed by atoms with Gasteiger partial charge in [-0.3, -0.25) is 24.3 Å². The second kappa shape index (κ2) is 7.71. The number of carbonyl (C=O) groups excluding carboxylic acids is 3. The third kappa shape index (κ3) is 3.71. The number of aromatic nitrogens is 1. The first-order chi connectivity index (χ1) is 14.8. The van der Waals surface area contributed by atoms with Gasteiger partial charge in [-0.25, -0.2) is 4.79 Å². The lowest BCUT2D eigenvalue weighted by Gasteiger charge is -2.12. The summed E-state index contributed by atoms with van der Waals surface area (Å²) in [5.74, 6) is -3.27. The number of anilines is 1. The Bertz CT molecular complexity index is 1240. The molecule has 0 saturated heterocycles. The van der Waals surface area contributed by atoms with E-state index in [1.54, 1.807) is 24.4 Å². The number of fused-ring (bicyclic) bond motifs is 1. The molecule has 2 aromatic carbocycles. The molecule has 1 aromatic heterocycles. The Morgan fingerprint density at radius 3 is 2.35 bits per heavy atom. The van der Waals surface area contributed by atoms with Gasteiger partial charge in [0, 0.05) is 11.8 Å². The number of imide groups is 1. The molecule has 0 fully saturated rings. The van der Waals surface area contributed by atoms with Gasteiger partial charge >= 0.3 is 5.97 Å². The zero-order chi connectivity index (χ0) is 22.1. The molecule has 0 radical (unpaired) electrons. The van der Waals surface area contributed by atoms with Crippen LogP contribution in [0.15, 0.2) is 60.8 Å². The number of aromatic hydroxyl groups is 1. The number of carboxylic acids is 1. The minimum atomic E-state index is -1.22. The fraction of sp³-hybridized carbons (Fsp3) is 0.0455. The van der Waals surface area contributed by atoms with Crippen LogP contribution in [-0.2, 0) is 6.54 Å². The molecule has 0 spiro atoms. The van der Waals surface area contributed by atoms with Gasteiger partial charge in [0.15, 0.2) is 0 Å². The molecule has 9 nitrogen and oxygen atoms in total. The number of nitrogens with one attached hydrogen (secondary N) is 1. The molecular formula is C22H15N3O6. The van der Waals surface area contributed by atoms with Gasteiger partial charge in [0.2, 0.25) is 0 Å². The second-order valence-electron chi connectivity index (χ2n) is 6.77. The maximum Gasteiger partial charge on any atom is 0.335 e. The van der Waals surface area contributed by atoms with E-state index in [9.17, 15) is 24.3 Å². The third-order valence-corrected chi connectivity index (χ3v) is 4.77. The van der Waals surface area contributed by atoms with Gasteiger partial charge < -0.3 is 15.5 Å². The van der Waals surface area contributed by atoms with Gasteiger partial charge in [-0.1, -0.05) is 6.07 Å². The molecule has 31 heavy (non-hydrogen) atoms. The highest BCUT2D eigenvalue weighted by molar-refractivity contribution is 6.22. The van der Waals surface area contributed by atoms with Crippen LogP contribution < -0.4 is 5.32 Å². The number of nitrogens with zero attached hydrogens (tertiary/aromatic N) is 2. The summed E-state index contributed by atoms with van der Waals surface area (Å²) < 4.78 is 0. The van der Waals surface area contributed by atoms with E-state index in [4.69, 9.17) is 5.11 Å². The summed E-state index contributed by atoms with van der Waals surface area (Å²) in [6, 6.07) is 12.8. The van der Waals surface area contributed by atoms with Gasteiger partial charge in [0.05, 0.1) is 34.6 Å². The summed E-state index contributed by atoms with van der Waals surface area (Å²) in [7, 11) is 0. The van der Waals surface area contributed by atoms with Crippen molar-refractivity contribution in [3.8, 4) is 5.75 Å². The number of phenolic OH excluding ortho intramolecular Hbond substituents is 1. The lowest BCUT2D eigenvalue weighted by Crippen LogP contribution is -2.29. The first kappa shape index (κ1) is 19.8. The Balaban J connectivity index is 1.56. The lowest BCUT2D eigenvalue weighted by molar-refractivity contribution is 0.0637. The molecule has 2 heterocycles. The van der Waals surface area contributed by atoms with Crippen molar-refractivity contribution >= 4 is 29.4 Å². The van der Waals surface area contributed by atoms with Crippen molar-refractivity contribution in [1.29, 1.82) is 0 Å². The van der Waals surface area contributed by atoms with Crippen LogP contribution in [0.4, 0.5) is 5.69 Å². The fourth-order valence-corrected chi connectivity index (χ4v) is 3.19. The van der Waals surface area contributed by atoms with Crippen molar-refractivity contribution in [3.63, 3.8) is 0 Å². The standard InChI is InChI=1S/C22H15N3O6/c26-18-10-13(22(30)31)5-7-17(18)24-19(27)12-4-6-15-16(9-12)21(29)25(20(15)28)11-14-3-1-2-8-23-14/h1-10,26H,11H2,(H,24,27)(H,30,31). The first-order valence-corrected chi connectivity index (χ1v) is 9.13. The zero-order valence-corrected chi connectivity index (χ0v) is 15.9. The number of hydrogen-bond acceptors (Lipinski definition) is 6. The van der Waals surface area contributed by atoms with Gasteiger partial charge in [-0.15, -0.1) is 0 Å². The van der Waals surface area contributed by atoms with Crippen LogP contribution in [-0.4, -0.2) is 43.8 Å². The molecule has 0 unspecified atom stereocenters. The van der Waals surface area contributed by atoms with E-state index in [0.717, 1.165) is 11.0 Å².